The molecule has 3 nitrogen and oxygen atoms in total. The Bertz CT molecular complexity index is 496. The summed E-state index contributed by atoms with van der Waals surface area (Å²) >= 11 is 0. The van der Waals surface area contributed by atoms with Gasteiger partial charge in [0.1, 0.15) is 5.75 Å². The number of benzene rings is 1. The zero-order valence-electron chi connectivity index (χ0n) is 12.2. The van der Waals surface area contributed by atoms with E-state index in [4.69, 9.17) is 4.74 Å². The van der Waals surface area contributed by atoms with Crippen LogP contribution in [0.5, 0.6) is 5.75 Å². The summed E-state index contributed by atoms with van der Waals surface area (Å²) < 4.78 is 5.75. The van der Waals surface area contributed by atoms with Crippen LogP contribution in [-0.4, -0.2) is 24.7 Å². The first-order chi connectivity index (χ1) is 9.78. The summed E-state index contributed by atoms with van der Waals surface area (Å²) in [4.78, 5) is 4.10. The molecule has 1 heterocycles. The van der Waals surface area contributed by atoms with Crippen molar-refractivity contribution >= 4 is 0 Å². The van der Waals surface area contributed by atoms with Gasteiger partial charge in [0.05, 0.1) is 6.61 Å². The molecule has 1 aromatic carbocycles. The van der Waals surface area contributed by atoms with E-state index in [9.17, 15) is 0 Å². The number of aromatic nitrogens is 1. The van der Waals surface area contributed by atoms with Gasteiger partial charge in [-0.3, -0.25) is 4.98 Å². The third kappa shape index (κ3) is 4.67. The molecule has 1 atom stereocenters. The Morgan fingerprint density at radius 3 is 2.60 bits per heavy atom. The van der Waals surface area contributed by atoms with E-state index in [-0.39, 0.29) is 0 Å². The molecule has 1 unspecified atom stereocenters. The molecule has 2 aromatic rings. The number of nitrogens with zero attached hydrogens (tertiary/aromatic N) is 1. The second kappa shape index (κ2) is 7.65. The highest BCUT2D eigenvalue weighted by Crippen LogP contribution is 2.14. The molecule has 0 spiro atoms. The van der Waals surface area contributed by atoms with Crippen molar-refractivity contribution in [2.45, 2.75) is 25.8 Å². The van der Waals surface area contributed by atoms with Crippen LogP contribution < -0.4 is 10.1 Å². The van der Waals surface area contributed by atoms with Crippen LogP contribution in [0.2, 0.25) is 0 Å². The van der Waals surface area contributed by atoms with Gasteiger partial charge in [-0.25, -0.2) is 0 Å². The van der Waals surface area contributed by atoms with Gasteiger partial charge in [0.2, 0.25) is 0 Å². The van der Waals surface area contributed by atoms with Crippen LogP contribution in [0.1, 0.15) is 18.1 Å². The molecule has 0 saturated carbocycles. The lowest BCUT2D eigenvalue weighted by atomic mass is 10.1. The summed E-state index contributed by atoms with van der Waals surface area (Å²) in [6.45, 7) is 2.86. The molecular weight excluding hydrogens is 248 g/mol. The van der Waals surface area contributed by atoms with Crippen LogP contribution in [0.15, 0.2) is 48.8 Å². The molecule has 0 aliphatic rings. The lowest BCUT2D eigenvalue weighted by Crippen LogP contribution is -2.23. The molecule has 20 heavy (non-hydrogen) atoms. The summed E-state index contributed by atoms with van der Waals surface area (Å²) in [5, 5.41) is 3.24. The van der Waals surface area contributed by atoms with Crippen LogP contribution >= 0.6 is 0 Å². The first kappa shape index (κ1) is 14.5. The number of hydrogen-bond donors (Lipinski definition) is 1. The molecule has 106 valence electrons. The average molecular weight is 270 g/mol. The smallest absolute Gasteiger partial charge is 0.119 e. The molecular formula is C17H22N2O. The van der Waals surface area contributed by atoms with Gasteiger partial charge in [-0.2, -0.15) is 0 Å². The highest BCUT2D eigenvalue weighted by Gasteiger charge is 2.01. The van der Waals surface area contributed by atoms with Crippen LogP contribution in [0.25, 0.3) is 0 Å². The number of rotatable bonds is 7. The van der Waals surface area contributed by atoms with Gasteiger partial charge in [-0.05, 0) is 49.7 Å². The highest BCUT2D eigenvalue weighted by molar-refractivity contribution is 5.27. The normalized spacial score (nSPS) is 12.1. The van der Waals surface area contributed by atoms with E-state index in [1.807, 2.05) is 31.4 Å². The fourth-order valence-corrected chi connectivity index (χ4v) is 2.01. The summed E-state index contributed by atoms with van der Waals surface area (Å²) in [6, 6.07) is 12.9. The first-order valence-corrected chi connectivity index (χ1v) is 7.06. The highest BCUT2D eigenvalue weighted by atomic mass is 16.5. The Labute approximate surface area is 121 Å². The van der Waals surface area contributed by atoms with Gasteiger partial charge in [-0.1, -0.05) is 18.2 Å². The second-order valence-corrected chi connectivity index (χ2v) is 5.00. The van der Waals surface area contributed by atoms with Crippen LogP contribution in [0.4, 0.5) is 0 Å². The molecule has 0 aliphatic carbocycles. The SMILES string of the molecule is CNC(C)Cc1ccc(OCCc2cccnc2)cc1. The zero-order chi connectivity index (χ0) is 14.2. The van der Waals surface area contributed by atoms with Gasteiger partial charge < -0.3 is 10.1 Å². The number of likely N-dealkylation sites (N-methyl/N-ethyl adjacent to an activating group) is 1. The Morgan fingerprint density at radius 1 is 1.15 bits per heavy atom. The minimum Gasteiger partial charge on any atom is -0.493 e. The predicted octanol–water partition coefficient (Wildman–Crippen LogP) is 2.85. The molecule has 0 aliphatic heterocycles. The fourth-order valence-electron chi connectivity index (χ4n) is 2.01. The minimum atomic E-state index is 0.493. The zero-order valence-corrected chi connectivity index (χ0v) is 12.2. The molecule has 3 heteroatoms. The van der Waals surface area contributed by atoms with Crippen molar-refractivity contribution in [3.05, 3.63) is 59.9 Å². The Hall–Kier alpha value is -1.87. The van der Waals surface area contributed by atoms with Gasteiger partial charge in [0.25, 0.3) is 0 Å². The molecule has 0 fully saturated rings. The average Bonchev–Trinajstić information content (AvgIpc) is 2.50. The first-order valence-electron chi connectivity index (χ1n) is 7.06. The van der Waals surface area contributed by atoms with E-state index in [1.54, 1.807) is 6.20 Å². The molecule has 2 rings (SSSR count). The molecule has 1 N–H and O–H groups in total. The van der Waals surface area contributed by atoms with Crippen LogP contribution in [0, 0.1) is 0 Å². The van der Waals surface area contributed by atoms with Crippen molar-refractivity contribution in [2.24, 2.45) is 0 Å². The number of hydrogen-bond acceptors (Lipinski definition) is 3. The van der Waals surface area contributed by atoms with E-state index in [0.29, 0.717) is 12.6 Å². The maximum Gasteiger partial charge on any atom is 0.119 e. The summed E-state index contributed by atoms with van der Waals surface area (Å²) in [5.41, 5.74) is 2.53. The molecule has 0 radical (unpaired) electrons. The van der Waals surface area contributed by atoms with Gasteiger partial charge in [0.15, 0.2) is 0 Å². The molecule has 1 aromatic heterocycles. The fraction of sp³-hybridized carbons (Fsp3) is 0.353. The maximum atomic E-state index is 5.75. The van der Waals surface area contributed by atoms with Gasteiger partial charge >= 0.3 is 0 Å². The number of nitrogens with one attached hydrogen (secondary N) is 1. The monoisotopic (exact) mass is 270 g/mol. The summed E-state index contributed by atoms with van der Waals surface area (Å²) in [6.07, 6.45) is 5.58. The van der Waals surface area contributed by atoms with E-state index in [0.717, 1.165) is 18.6 Å². The Balaban J connectivity index is 1.79. The Kier molecular flexibility index (Phi) is 5.56. The van der Waals surface area contributed by atoms with E-state index >= 15 is 0 Å². The summed E-state index contributed by atoms with van der Waals surface area (Å²) in [7, 11) is 1.99. The second-order valence-electron chi connectivity index (χ2n) is 5.00. The van der Waals surface area contributed by atoms with E-state index in [1.165, 1.54) is 11.1 Å². The standard InChI is InChI=1S/C17H22N2O/c1-14(18-2)12-15-5-7-17(8-6-15)20-11-9-16-4-3-10-19-13-16/h3-8,10,13-14,18H,9,11-12H2,1-2H3. The van der Waals surface area contributed by atoms with E-state index < -0.39 is 0 Å². The lowest BCUT2D eigenvalue weighted by molar-refractivity contribution is 0.321. The Morgan fingerprint density at radius 2 is 1.95 bits per heavy atom. The topological polar surface area (TPSA) is 34.1 Å². The van der Waals surface area contributed by atoms with Crippen LogP contribution in [-0.2, 0) is 12.8 Å². The third-order valence-corrected chi connectivity index (χ3v) is 3.34. The largest absolute Gasteiger partial charge is 0.493 e. The van der Waals surface area contributed by atoms with Crippen molar-refractivity contribution < 1.29 is 4.74 Å². The maximum absolute atomic E-state index is 5.75. The molecule has 0 bridgehead atoms. The van der Waals surface area contributed by atoms with Crippen molar-refractivity contribution in [3.63, 3.8) is 0 Å². The quantitative estimate of drug-likeness (QED) is 0.840. The number of pyridine rings is 1. The molecule has 0 amide bonds. The van der Waals surface area contributed by atoms with Gasteiger partial charge in [-0.15, -0.1) is 0 Å². The minimum absolute atomic E-state index is 0.493. The van der Waals surface area contributed by atoms with Crippen molar-refractivity contribution in [2.75, 3.05) is 13.7 Å². The van der Waals surface area contributed by atoms with Crippen molar-refractivity contribution in [3.8, 4) is 5.75 Å². The number of ether oxygens (including phenoxy) is 1. The van der Waals surface area contributed by atoms with Gasteiger partial charge in [0, 0.05) is 24.9 Å². The predicted molar refractivity (Wildman–Crippen MR) is 82.1 cm³/mol. The van der Waals surface area contributed by atoms with Crippen LogP contribution in [0.3, 0.4) is 0 Å². The third-order valence-electron chi connectivity index (χ3n) is 3.34. The van der Waals surface area contributed by atoms with E-state index in [2.05, 4.69) is 35.4 Å². The van der Waals surface area contributed by atoms with Crippen molar-refractivity contribution in [1.82, 2.24) is 10.3 Å². The van der Waals surface area contributed by atoms with Crippen molar-refractivity contribution in [1.29, 1.82) is 0 Å². The summed E-state index contributed by atoms with van der Waals surface area (Å²) in [5.74, 6) is 0.926. The lowest BCUT2D eigenvalue weighted by Gasteiger charge is -2.11. The molecule has 0 saturated heterocycles.